The molecule has 1 aromatic rings. The zero-order valence-electron chi connectivity index (χ0n) is 12.9. The number of nitrogens with one attached hydrogen (secondary N) is 1. The Morgan fingerprint density at radius 2 is 1.70 bits per heavy atom. The van der Waals surface area contributed by atoms with E-state index in [0.29, 0.717) is 19.0 Å². The van der Waals surface area contributed by atoms with Crippen molar-refractivity contribution >= 4 is 13.6 Å². The largest absolute Gasteiger partial charge is 0.433 e. The minimum absolute atomic E-state index is 0.277. The lowest BCUT2D eigenvalue weighted by Crippen LogP contribution is -2.12. The number of pyridine rings is 1. The van der Waals surface area contributed by atoms with E-state index in [1.807, 2.05) is 40.7 Å². The lowest BCUT2D eigenvalue weighted by Gasteiger charge is -2.21. The van der Waals surface area contributed by atoms with Gasteiger partial charge < -0.3 is 0 Å². The zero-order chi connectivity index (χ0) is 15.2. The van der Waals surface area contributed by atoms with Gasteiger partial charge in [0.1, 0.15) is 5.82 Å². The van der Waals surface area contributed by atoms with Crippen LogP contribution in [0.4, 0.5) is 5.82 Å². The Labute approximate surface area is 121 Å². The van der Waals surface area contributed by atoms with Crippen molar-refractivity contribution in [1.29, 1.82) is 0 Å². The molecule has 1 heterocycles. The van der Waals surface area contributed by atoms with E-state index in [0.717, 1.165) is 5.56 Å². The van der Waals surface area contributed by atoms with Gasteiger partial charge in [-0.05, 0) is 30.4 Å². The predicted octanol–water partition coefficient (Wildman–Crippen LogP) is 4.26. The van der Waals surface area contributed by atoms with Crippen molar-refractivity contribution in [3.8, 4) is 0 Å². The summed E-state index contributed by atoms with van der Waals surface area (Å²) in [4.78, 5) is 4.17. The normalized spacial score (nSPS) is 12.2. The van der Waals surface area contributed by atoms with Gasteiger partial charge in [-0.2, -0.15) is 0 Å². The van der Waals surface area contributed by atoms with Crippen LogP contribution in [-0.2, 0) is 13.6 Å². The van der Waals surface area contributed by atoms with Gasteiger partial charge in [0, 0.05) is 6.20 Å². The van der Waals surface area contributed by atoms with E-state index in [1.54, 1.807) is 12.3 Å². The van der Waals surface area contributed by atoms with E-state index in [9.17, 15) is 4.57 Å². The third-order valence-electron chi connectivity index (χ3n) is 2.32. The first-order valence-electron chi connectivity index (χ1n) is 6.91. The van der Waals surface area contributed by atoms with Crippen LogP contribution in [0.1, 0.15) is 33.3 Å². The Morgan fingerprint density at radius 1 is 1.15 bits per heavy atom. The minimum Gasteiger partial charge on any atom is -0.292 e. The molecular weight excluding hydrogens is 275 g/mol. The average molecular weight is 300 g/mol. The number of hydrogen-bond acceptors (Lipinski definition) is 4. The predicted molar refractivity (Wildman–Crippen MR) is 81.8 cm³/mol. The standard InChI is InChI=1S/C14H25N2O3P/c1-11(2)9-18-20(17,19-10-12(3)4)16-14-7-6-13(5)8-15-14/h6-8,11-12H,9-10H2,1-5H3,(H,15,16,17). The molecule has 0 aliphatic rings. The molecule has 5 nitrogen and oxygen atoms in total. The zero-order valence-corrected chi connectivity index (χ0v) is 13.8. The summed E-state index contributed by atoms with van der Waals surface area (Å²) in [5.41, 5.74) is 1.04. The molecule has 0 spiro atoms. The minimum atomic E-state index is -3.38. The SMILES string of the molecule is Cc1ccc(NP(=O)(OCC(C)C)OCC(C)C)nc1. The van der Waals surface area contributed by atoms with Crippen molar-refractivity contribution in [3.63, 3.8) is 0 Å². The molecule has 6 heteroatoms. The Morgan fingerprint density at radius 3 is 2.10 bits per heavy atom. The highest BCUT2D eigenvalue weighted by Gasteiger charge is 2.26. The van der Waals surface area contributed by atoms with Gasteiger partial charge in [0.15, 0.2) is 0 Å². The van der Waals surface area contributed by atoms with Crippen molar-refractivity contribution in [1.82, 2.24) is 4.98 Å². The quantitative estimate of drug-likeness (QED) is 0.727. The number of aromatic nitrogens is 1. The van der Waals surface area contributed by atoms with Crippen LogP contribution in [0, 0.1) is 18.8 Å². The maximum absolute atomic E-state index is 12.7. The second-order valence-corrected chi connectivity index (χ2v) is 7.44. The molecule has 0 radical (unpaired) electrons. The van der Waals surface area contributed by atoms with Crippen molar-refractivity contribution in [2.24, 2.45) is 11.8 Å². The smallest absolute Gasteiger partial charge is 0.292 e. The third-order valence-corrected chi connectivity index (χ3v) is 3.80. The van der Waals surface area contributed by atoms with Crippen molar-refractivity contribution in [3.05, 3.63) is 23.9 Å². The average Bonchev–Trinajstić information content (AvgIpc) is 2.37. The summed E-state index contributed by atoms with van der Waals surface area (Å²) < 4.78 is 23.6. The van der Waals surface area contributed by atoms with Crippen LogP contribution in [0.5, 0.6) is 0 Å². The van der Waals surface area contributed by atoms with Crippen molar-refractivity contribution < 1.29 is 13.6 Å². The maximum atomic E-state index is 12.7. The lowest BCUT2D eigenvalue weighted by molar-refractivity contribution is 0.177. The fourth-order valence-corrected chi connectivity index (χ4v) is 2.88. The van der Waals surface area contributed by atoms with Crippen LogP contribution in [0.25, 0.3) is 0 Å². The topological polar surface area (TPSA) is 60.5 Å². The van der Waals surface area contributed by atoms with Gasteiger partial charge in [-0.15, -0.1) is 0 Å². The summed E-state index contributed by atoms with van der Waals surface area (Å²) in [6.45, 7) is 10.7. The Bertz CT molecular complexity index is 430. The number of hydrogen-bond donors (Lipinski definition) is 1. The molecule has 20 heavy (non-hydrogen) atoms. The van der Waals surface area contributed by atoms with Gasteiger partial charge in [-0.3, -0.25) is 14.1 Å². The molecule has 0 fully saturated rings. The second-order valence-electron chi connectivity index (χ2n) is 5.71. The highest BCUT2D eigenvalue weighted by atomic mass is 31.2. The van der Waals surface area contributed by atoms with Gasteiger partial charge in [0.25, 0.3) is 0 Å². The molecule has 1 rings (SSSR count). The van der Waals surface area contributed by atoms with E-state index in [1.165, 1.54) is 0 Å². The highest BCUT2D eigenvalue weighted by molar-refractivity contribution is 7.55. The van der Waals surface area contributed by atoms with Crippen LogP contribution >= 0.6 is 7.75 Å². The van der Waals surface area contributed by atoms with Crippen LogP contribution in [0.15, 0.2) is 18.3 Å². The summed E-state index contributed by atoms with van der Waals surface area (Å²) in [7, 11) is -3.38. The number of rotatable bonds is 8. The first-order valence-corrected chi connectivity index (χ1v) is 8.45. The van der Waals surface area contributed by atoms with E-state index < -0.39 is 7.75 Å². The fourth-order valence-electron chi connectivity index (χ4n) is 1.27. The summed E-state index contributed by atoms with van der Waals surface area (Å²) >= 11 is 0. The molecule has 1 aromatic heterocycles. The van der Waals surface area contributed by atoms with Crippen LogP contribution in [0.2, 0.25) is 0 Å². The molecule has 0 atom stereocenters. The van der Waals surface area contributed by atoms with Gasteiger partial charge in [-0.1, -0.05) is 33.8 Å². The lowest BCUT2D eigenvalue weighted by atomic mass is 10.2. The monoisotopic (exact) mass is 300 g/mol. The first kappa shape index (κ1) is 17.2. The van der Waals surface area contributed by atoms with Gasteiger partial charge >= 0.3 is 7.75 Å². The Kier molecular flexibility index (Phi) is 6.66. The van der Waals surface area contributed by atoms with Crippen LogP contribution in [-0.4, -0.2) is 18.2 Å². The highest BCUT2D eigenvalue weighted by Crippen LogP contribution is 2.48. The summed E-state index contributed by atoms with van der Waals surface area (Å²) in [5.74, 6) is 1.05. The van der Waals surface area contributed by atoms with Gasteiger partial charge in [-0.25, -0.2) is 9.55 Å². The molecule has 0 aromatic carbocycles. The summed E-state index contributed by atoms with van der Waals surface area (Å²) in [5, 5.41) is 2.79. The number of nitrogens with zero attached hydrogens (tertiary/aromatic N) is 1. The molecular formula is C14H25N2O3P. The molecule has 0 aliphatic carbocycles. The fraction of sp³-hybridized carbons (Fsp3) is 0.643. The molecule has 0 bridgehead atoms. The summed E-state index contributed by atoms with van der Waals surface area (Å²) in [6.07, 6.45) is 1.71. The Hall–Kier alpha value is -0.900. The summed E-state index contributed by atoms with van der Waals surface area (Å²) in [6, 6.07) is 3.66. The second kappa shape index (κ2) is 7.77. The number of aryl methyl sites for hydroxylation is 1. The van der Waals surface area contributed by atoms with Gasteiger partial charge in [0.05, 0.1) is 13.2 Å². The third kappa shape index (κ3) is 6.51. The van der Waals surface area contributed by atoms with Crippen LogP contribution < -0.4 is 5.09 Å². The molecule has 0 aliphatic heterocycles. The molecule has 114 valence electrons. The molecule has 0 saturated heterocycles. The van der Waals surface area contributed by atoms with Crippen LogP contribution in [0.3, 0.4) is 0 Å². The molecule has 0 unspecified atom stereocenters. The number of anilines is 1. The molecule has 0 saturated carbocycles. The van der Waals surface area contributed by atoms with Crippen molar-refractivity contribution in [2.75, 3.05) is 18.3 Å². The van der Waals surface area contributed by atoms with E-state index >= 15 is 0 Å². The van der Waals surface area contributed by atoms with E-state index in [-0.39, 0.29) is 11.8 Å². The molecule has 0 amide bonds. The Balaban J connectivity index is 2.75. The van der Waals surface area contributed by atoms with E-state index in [4.69, 9.17) is 9.05 Å². The molecule has 1 N–H and O–H groups in total. The first-order chi connectivity index (χ1) is 9.31. The van der Waals surface area contributed by atoms with Crippen molar-refractivity contribution in [2.45, 2.75) is 34.6 Å². The van der Waals surface area contributed by atoms with E-state index in [2.05, 4.69) is 10.1 Å². The maximum Gasteiger partial charge on any atom is 0.433 e. The van der Waals surface area contributed by atoms with Gasteiger partial charge in [0.2, 0.25) is 0 Å².